The molecule has 30 heavy (non-hydrogen) atoms. The van der Waals surface area contributed by atoms with Crippen LogP contribution in [0.3, 0.4) is 0 Å². The highest BCUT2D eigenvalue weighted by atomic mass is 19.1. The maximum Gasteiger partial charge on any atom is 0.256 e. The SMILES string of the molecule is NC(=O)c1c[nH]c2c(C(=O)N3CCN(CCc4ccc(F)cc4)CC3)ccc(F)c12. The van der Waals surface area contributed by atoms with Gasteiger partial charge in [-0.25, -0.2) is 8.78 Å². The van der Waals surface area contributed by atoms with Crippen molar-refractivity contribution in [2.75, 3.05) is 32.7 Å². The number of carbonyl (C=O) groups excluding carboxylic acids is 2. The third kappa shape index (κ3) is 3.91. The Labute approximate surface area is 172 Å². The Morgan fingerprint density at radius 1 is 0.967 bits per heavy atom. The molecule has 0 spiro atoms. The van der Waals surface area contributed by atoms with E-state index in [0.717, 1.165) is 18.5 Å². The van der Waals surface area contributed by atoms with Gasteiger partial charge in [-0.05, 0) is 36.2 Å². The van der Waals surface area contributed by atoms with Gasteiger partial charge in [0.1, 0.15) is 11.6 Å². The molecule has 0 bridgehead atoms. The second-order valence-electron chi connectivity index (χ2n) is 7.42. The molecule has 2 heterocycles. The lowest BCUT2D eigenvalue weighted by Gasteiger charge is -2.34. The summed E-state index contributed by atoms with van der Waals surface area (Å²) < 4.78 is 27.3. The highest BCUT2D eigenvalue weighted by Gasteiger charge is 2.25. The molecule has 3 aromatic rings. The van der Waals surface area contributed by atoms with Crippen molar-refractivity contribution in [3.8, 4) is 0 Å². The third-order valence-corrected chi connectivity index (χ3v) is 5.57. The van der Waals surface area contributed by atoms with Crippen LogP contribution in [0.1, 0.15) is 26.3 Å². The van der Waals surface area contributed by atoms with Crippen molar-refractivity contribution in [2.24, 2.45) is 5.73 Å². The number of piperazine rings is 1. The molecule has 0 radical (unpaired) electrons. The van der Waals surface area contributed by atoms with E-state index in [1.807, 2.05) is 0 Å². The fourth-order valence-electron chi connectivity index (χ4n) is 3.86. The number of nitrogens with two attached hydrogens (primary N) is 1. The molecule has 4 rings (SSSR count). The number of primary amides is 1. The van der Waals surface area contributed by atoms with Gasteiger partial charge in [0.2, 0.25) is 0 Å². The molecule has 156 valence electrons. The van der Waals surface area contributed by atoms with Gasteiger partial charge in [0.05, 0.1) is 16.6 Å². The largest absolute Gasteiger partial charge is 0.366 e. The smallest absolute Gasteiger partial charge is 0.256 e. The van der Waals surface area contributed by atoms with E-state index in [-0.39, 0.29) is 28.2 Å². The molecule has 0 atom stereocenters. The molecule has 6 nitrogen and oxygen atoms in total. The Bertz CT molecular complexity index is 1090. The van der Waals surface area contributed by atoms with E-state index in [2.05, 4.69) is 9.88 Å². The van der Waals surface area contributed by atoms with Crippen LogP contribution in [0.25, 0.3) is 10.9 Å². The van der Waals surface area contributed by atoms with Gasteiger partial charge in [0.25, 0.3) is 11.8 Å². The summed E-state index contributed by atoms with van der Waals surface area (Å²) in [6, 6.07) is 9.10. The van der Waals surface area contributed by atoms with Crippen LogP contribution in [-0.2, 0) is 6.42 Å². The number of benzene rings is 2. The van der Waals surface area contributed by atoms with Crippen LogP contribution >= 0.6 is 0 Å². The van der Waals surface area contributed by atoms with Crippen LogP contribution in [0.4, 0.5) is 8.78 Å². The number of H-pyrrole nitrogens is 1. The highest BCUT2D eigenvalue weighted by Crippen LogP contribution is 2.26. The molecule has 0 saturated carbocycles. The lowest BCUT2D eigenvalue weighted by atomic mass is 10.1. The van der Waals surface area contributed by atoms with E-state index in [1.54, 1.807) is 17.0 Å². The summed E-state index contributed by atoms with van der Waals surface area (Å²) >= 11 is 0. The minimum atomic E-state index is -0.750. The Balaban J connectivity index is 1.41. The fraction of sp³-hybridized carbons (Fsp3) is 0.273. The number of aromatic amines is 1. The number of aromatic nitrogens is 1. The van der Waals surface area contributed by atoms with Gasteiger partial charge in [-0.3, -0.25) is 14.5 Å². The quantitative estimate of drug-likeness (QED) is 0.676. The van der Waals surface area contributed by atoms with Crippen LogP contribution in [0.2, 0.25) is 0 Å². The summed E-state index contributed by atoms with van der Waals surface area (Å²) in [5, 5.41) is 0.0475. The zero-order valence-corrected chi connectivity index (χ0v) is 16.3. The third-order valence-electron chi connectivity index (χ3n) is 5.57. The fourth-order valence-corrected chi connectivity index (χ4v) is 3.86. The number of hydrogen-bond donors (Lipinski definition) is 2. The van der Waals surface area contributed by atoms with Gasteiger partial charge < -0.3 is 15.6 Å². The zero-order chi connectivity index (χ0) is 21.3. The van der Waals surface area contributed by atoms with Gasteiger partial charge in [-0.15, -0.1) is 0 Å². The molecule has 1 aromatic heterocycles. The summed E-state index contributed by atoms with van der Waals surface area (Å²) in [7, 11) is 0. The van der Waals surface area contributed by atoms with Crippen molar-refractivity contribution in [3.05, 3.63) is 70.9 Å². The van der Waals surface area contributed by atoms with Gasteiger partial charge in [0, 0.05) is 44.3 Å². The van der Waals surface area contributed by atoms with Crippen molar-refractivity contribution >= 4 is 22.7 Å². The van der Waals surface area contributed by atoms with E-state index >= 15 is 0 Å². The van der Waals surface area contributed by atoms with Crippen LogP contribution in [0.15, 0.2) is 42.6 Å². The zero-order valence-electron chi connectivity index (χ0n) is 16.3. The van der Waals surface area contributed by atoms with Gasteiger partial charge in [-0.2, -0.15) is 0 Å². The molecule has 2 amide bonds. The molecule has 0 aliphatic carbocycles. The van der Waals surface area contributed by atoms with Crippen LogP contribution in [-0.4, -0.2) is 59.3 Å². The number of halogens is 2. The normalized spacial score (nSPS) is 14.9. The summed E-state index contributed by atoms with van der Waals surface area (Å²) in [5.41, 5.74) is 7.01. The molecule has 1 aliphatic rings. The molecule has 3 N–H and O–H groups in total. The topological polar surface area (TPSA) is 82.4 Å². The van der Waals surface area contributed by atoms with E-state index in [0.29, 0.717) is 31.7 Å². The van der Waals surface area contributed by atoms with Gasteiger partial charge >= 0.3 is 0 Å². The molecule has 8 heteroatoms. The number of rotatable bonds is 5. The molecule has 1 aliphatic heterocycles. The number of nitrogens with one attached hydrogen (secondary N) is 1. The molecule has 2 aromatic carbocycles. The maximum absolute atomic E-state index is 14.2. The first-order chi connectivity index (χ1) is 14.4. The Hall–Kier alpha value is -3.26. The highest BCUT2D eigenvalue weighted by molar-refractivity contribution is 6.12. The molecular formula is C22H22F2N4O2. The first kappa shape index (κ1) is 20.0. The van der Waals surface area contributed by atoms with Crippen molar-refractivity contribution < 1.29 is 18.4 Å². The predicted molar refractivity (Wildman–Crippen MR) is 109 cm³/mol. The van der Waals surface area contributed by atoms with Crippen LogP contribution in [0, 0.1) is 11.6 Å². The van der Waals surface area contributed by atoms with Crippen molar-refractivity contribution in [2.45, 2.75) is 6.42 Å². The second kappa shape index (κ2) is 8.23. The van der Waals surface area contributed by atoms with Crippen molar-refractivity contribution in [1.29, 1.82) is 0 Å². The molecule has 1 saturated heterocycles. The molecular weight excluding hydrogens is 390 g/mol. The maximum atomic E-state index is 14.2. The number of hydrogen-bond acceptors (Lipinski definition) is 3. The monoisotopic (exact) mass is 412 g/mol. The summed E-state index contributed by atoms with van der Waals surface area (Å²) in [4.78, 5) is 31.4. The standard InChI is InChI=1S/C22H22F2N4O2/c23-15-3-1-14(2-4-15)7-8-27-9-11-28(12-10-27)22(30)16-5-6-18(24)19-17(21(25)29)13-26-20(16)19/h1-6,13,26H,7-12H2,(H2,25,29). The van der Waals surface area contributed by atoms with Crippen molar-refractivity contribution in [1.82, 2.24) is 14.8 Å². The molecule has 1 fully saturated rings. The van der Waals surface area contributed by atoms with E-state index < -0.39 is 11.7 Å². The first-order valence-corrected chi connectivity index (χ1v) is 9.79. The second-order valence-corrected chi connectivity index (χ2v) is 7.42. The van der Waals surface area contributed by atoms with E-state index in [1.165, 1.54) is 30.5 Å². The summed E-state index contributed by atoms with van der Waals surface area (Å²) in [5.74, 6) is -1.80. The molecule has 0 unspecified atom stereocenters. The summed E-state index contributed by atoms with van der Waals surface area (Å²) in [6.07, 6.45) is 2.14. The van der Waals surface area contributed by atoms with E-state index in [9.17, 15) is 18.4 Å². The summed E-state index contributed by atoms with van der Waals surface area (Å²) in [6.45, 7) is 3.35. The number of amides is 2. The number of carbonyl (C=O) groups is 2. The lowest BCUT2D eigenvalue weighted by Crippen LogP contribution is -2.49. The number of nitrogens with zero attached hydrogens (tertiary/aromatic N) is 2. The minimum absolute atomic E-state index is 0.0303. The average Bonchev–Trinajstić information content (AvgIpc) is 3.20. The van der Waals surface area contributed by atoms with E-state index in [4.69, 9.17) is 5.73 Å². The van der Waals surface area contributed by atoms with Crippen LogP contribution < -0.4 is 5.73 Å². The predicted octanol–water partition coefficient (Wildman–Crippen LogP) is 2.55. The Morgan fingerprint density at radius 3 is 2.33 bits per heavy atom. The van der Waals surface area contributed by atoms with Gasteiger partial charge in [-0.1, -0.05) is 12.1 Å². The Kier molecular flexibility index (Phi) is 5.50. The minimum Gasteiger partial charge on any atom is -0.366 e. The average molecular weight is 412 g/mol. The van der Waals surface area contributed by atoms with Gasteiger partial charge in [0.15, 0.2) is 0 Å². The number of fused-ring (bicyclic) bond motifs is 1. The van der Waals surface area contributed by atoms with Crippen molar-refractivity contribution in [3.63, 3.8) is 0 Å². The first-order valence-electron chi connectivity index (χ1n) is 9.79. The lowest BCUT2D eigenvalue weighted by molar-refractivity contribution is 0.0640. The Morgan fingerprint density at radius 2 is 1.67 bits per heavy atom. The van der Waals surface area contributed by atoms with Crippen LogP contribution in [0.5, 0.6) is 0 Å².